The van der Waals surface area contributed by atoms with Gasteiger partial charge in [-0.15, -0.1) is 0 Å². The van der Waals surface area contributed by atoms with Crippen molar-refractivity contribution in [2.75, 3.05) is 6.54 Å². The highest BCUT2D eigenvalue weighted by molar-refractivity contribution is 5.76. The Kier molecular flexibility index (Phi) is 4.91. The molecule has 19 heavy (non-hydrogen) atoms. The van der Waals surface area contributed by atoms with Gasteiger partial charge in [0.2, 0.25) is 5.91 Å². The maximum atomic E-state index is 12.3. The van der Waals surface area contributed by atoms with E-state index in [4.69, 9.17) is 0 Å². The van der Waals surface area contributed by atoms with Crippen LogP contribution in [0.3, 0.4) is 0 Å². The van der Waals surface area contributed by atoms with Crippen molar-refractivity contribution in [3.8, 4) is 0 Å². The average Bonchev–Trinajstić information content (AvgIpc) is 3.21. The van der Waals surface area contributed by atoms with Gasteiger partial charge in [-0.2, -0.15) is 0 Å². The minimum atomic E-state index is 0.215. The Bertz CT molecular complexity index is 401. The third-order valence-corrected chi connectivity index (χ3v) is 3.37. The molecule has 0 saturated heterocycles. The molecular weight excluding hydrogens is 238 g/mol. The van der Waals surface area contributed by atoms with Crippen LogP contribution in [0.5, 0.6) is 0 Å². The highest BCUT2D eigenvalue weighted by Crippen LogP contribution is 2.18. The standard InChI is InChI=1S/C15H23N3O/c1-12(2)18(11-13-4-3-8-16-10-13)15(19)7-9-17-14-5-6-14/h3-4,8,10,12,14,17H,5-7,9,11H2,1-2H3. The van der Waals surface area contributed by atoms with Crippen LogP contribution in [0.4, 0.5) is 0 Å². The predicted octanol–water partition coefficient (Wildman–Crippen LogP) is 1.96. The molecular formula is C15H23N3O. The third kappa shape index (κ3) is 4.63. The van der Waals surface area contributed by atoms with E-state index in [0.717, 1.165) is 12.1 Å². The minimum absolute atomic E-state index is 0.215. The molecule has 1 aromatic rings. The number of carbonyl (C=O) groups excluding carboxylic acids is 1. The van der Waals surface area contributed by atoms with Gasteiger partial charge >= 0.3 is 0 Å². The van der Waals surface area contributed by atoms with Crippen molar-refractivity contribution in [3.05, 3.63) is 30.1 Å². The first-order valence-corrected chi connectivity index (χ1v) is 7.08. The maximum Gasteiger partial charge on any atom is 0.224 e. The van der Waals surface area contributed by atoms with Crippen LogP contribution in [0.15, 0.2) is 24.5 Å². The molecule has 0 bridgehead atoms. The van der Waals surface area contributed by atoms with Crippen molar-refractivity contribution in [2.24, 2.45) is 0 Å². The second-order valence-electron chi connectivity index (χ2n) is 5.46. The Hall–Kier alpha value is -1.42. The van der Waals surface area contributed by atoms with Crippen LogP contribution in [-0.4, -0.2) is 34.4 Å². The third-order valence-electron chi connectivity index (χ3n) is 3.37. The van der Waals surface area contributed by atoms with Gasteiger partial charge < -0.3 is 10.2 Å². The van der Waals surface area contributed by atoms with Crippen molar-refractivity contribution in [1.29, 1.82) is 0 Å². The summed E-state index contributed by atoms with van der Waals surface area (Å²) in [7, 11) is 0. The van der Waals surface area contributed by atoms with E-state index in [0.29, 0.717) is 19.0 Å². The van der Waals surface area contributed by atoms with Gasteiger partial charge in [0.1, 0.15) is 0 Å². The molecule has 1 heterocycles. The van der Waals surface area contributed by atoms with E-state index in [1.165, 1.54) is 12.8 Å². The number of pyridine rings is 1. The summed E-state index contributed by atoms with van der Waals surface area (Å²) >= 11 is 0. The van der Waals surface area contributed by atoms with Gasteiger partial charge in [0.25, 0.3) is 0 Å². The van der Waals surface area contributed by atoms with Crippen LogP contribution >= 0.6 is 0 Å². The van der Waals surface area contributed by atoms with Crippen molar-refractivity contribution >= 4 is 5.91 Å². The molecule has 0 aliphatic heterocycles. The lowest BCUT2D eigenvalue weighted by molar-refractivity contribution is -0.133. The number of nitrogens with zero attached hydrogens (tertiary/aromatic N) is 2. The van der Waals surface area contributed by atoms with E-state index in [1.807, 2.05) is 23.2 Å². The first-order chi connectivity index (χ1) is 9.16. The summed E-state index contributed by atoms with van der Waals surface area (Å²) in [5.41, 5.74) is 1.08. The van der Waals surface area contributed by atoms with Gasteiger partial charge in [0, 0.05) is 44.0 Å². The molecule has 0 spiro atoms. The molecule has 4 heteroatoms. The van der Waals surface area contributed by atoms with Crippen molar-refractivity contribution in [2.45, 2.75) is 51.7 Å². The van der Waals surface area contributed by atoms with Crippen LogP contribution in [0.25, 0.3) is 0 Å². The molecule has 4 nitrogen and oxygen atoms in total. The molecule has 1 saturated carbocycles. The van der Waals surface area contributed by atoms with Crippen LogP contribution in [-0.2, 0) is 11.3 Å². The zero-order valence-corrected chi connectivity index (χ0v) is 11.8. The molecule has 1 N–H and O–H groups in total. The highest BCUT2D eigenvalue weighted by atomic mass is 16.2. The molecule has 1 aliphatic rings. The Balaban J connectivity index is 1.85. The van der Waals surface area contributed by atoms with Crippen molar-refractivity contribution in [1.82, 2.24) is 15.2 Å². The zero-order valence-electron chi connectivity index (χ0n) is 11.8. The number of amides is 1. The van der Waals surface area contributed by atoms with Gasteiger partial charge in [0.05, 0.1) is 0 Å². The van der Waals surface area contributed by atoms with Gasteiger partial charge in [0.15, 0.2) is 0 Å². The van der Waals surface area contributed by atoms with Crippen molar-refractivity contribution < 1.29 is 4.79 Å². The first-order valence-electron chi connectivity index (χ1n) is 7.08. The van der Waals surface area contributed by atoms with E-state index in [1.54, 1.807) is 6.20 Å². The molecule has 1 fully saturated rings. The summed E-state index contributed by atoms with van der Waals surface area (Å²) in [4.78, 5) is 18.3. The SMILES string of the molecule is CC(C)N(Cc1cccnc1)C(=O)CCNC1CC1. The number of nitrogens with one attached hydrogen (secondary N) is 1. The Morgan fingerprint density at radius 3 is 2.89 bits per heavy atom. The quantitative estimate of drug-likeness (QED) is 0.816. The van der Waals surface area contributed by atoms with E-state index in [-0.39, 0.29) is 11.9 Å². The lowest BCUT2D eigenvalue weighted by atomic mass is 10.2. The molecule has 2 rings (SSSR count). The molecule has 0 radical (unpaired) electrons. The molecule has 1 amide bonds. The van der Waals surface area contributed by atoms with Gasteiger partial charge in [-0.3, -0.25) is 9.78 Å². The van der Waals surface area contributed by atoms with E-state index >= 15 is 0 Å². The number of carbonyl (C=O) groups is 1. The maximum absolute atomic E-state index is 12.3. The van der Waals surface area contributed by atoms with Gasteiger partial charge in [-0.25, -0.2) is 0 Å². The number of rotatable bonds is 7. The fourth-order valence-corrected chi connectivity index (χ4v) is 2.06. The summed E-state index contributed by atoms with van der Waals surface area (Å²) < 4.78 is 0. The fraction of sp³-hybridized carbons (Fsp3) is 0.600. The van der Waals surface area contributed by atoms with Crippen molar-refractivity contribution in [3.63, 3.8) is 0 Å². The molecule has 104 valence electrons. The lowest BCUT2D eigenvalue weighted by Crippen LogP contribution is -2.38. The minimum Gasteiger partial charge on any atom is -0.336 e. The topological polar surface area (TPSA) is 45.2 Å². The molecule has 1 aliphatic carbocycles. The second-order valence-corrected chi connectivity index (χ2v) is 5.46. The first kappa shape index (κ1) is 14.0. The summed E-state index contributed by atoms with van der Waals surface area (Å²) in [5.74, 6) is 0.215. The molecule has 1 aromatic heterocycles. The monoisotopic (exact) mass is 261 g/mol. The number of hydrogen-bond acceptors (Lipinski definition) is 3. The summed E-state index contributed by atoms with van der Waals surface area (Å²) in [6.07, 6.45) is 6.68. The Labute approximate surface area is 115 Å². The number of hydrogen-bond donors (Lipinski definition) is 1. The zero-order chi connectivity index (χ0) is 13.7. The van der Waals surface area contributed by atoms with Crippen LogP contribution < -0.4 is 5.32 Å². The number of aromatic nitrogens is 1. The largest absolute Gasteiger partial charge is 0.336 e. The average molecular weight is 261 g/mol. The van der Waals surface area contributed by atoms with Gasteiger partial charge in [-0.05, 0) is 38.3 Å². The molecule has 0 unspecified atom stereocenters. The normalized spacial score (nSPS) is 14.7. The van der Waals surface area contributed by atoms with Crippen LogP contribution in [0, 0.1) is 0 Å². The fourth-order valence-electron chi connectivity index (χ4n) is 2.06. The molecule has 0 aromatic carbocycles. The van der Waals surface area contributed by atoms with E-state index in [2.05, 4.69) is 24.1 Å². The highest BCUT2D eigenvalue weighted by Gasteiger charge is 2.22. The lowest BCUT2D eigenvalue weighted by Gasteiger charge is -2.27. The molecule has 0 atom stereocenters. The summed E-state index contributed by atoms with van der Waals surface area (Å²) in [6.45, 7) is 5.55. The van der Waals surface area contributed by atoms with Crippen LogP contribution in [0.1, 0.15) is 38.7 Å². The van der Waals surface area contributed by atoms with Crippen LogP contribution in [0.2, 0.25) is 0 Å². The van der Waals surface area contributed by atoms with E-state index in [9.17, 15) is 4.79 Å². The smallest absolute Gasteiger partial charge is 0.224 e. The van der Waals surface area contributed by atoms with Gasteiger partial charge in [-0.1, -0.05) is 6.07 Å². The second kappa shape index (κ2) is 6.66. The summed E-state index contributed by atoms with van der Waals surface area (Å²) in [5, 5.41) is 3.39. The van der Waals surface area contributed by atoms with E-state index < -0.39 is 0 Å². The Morgan fingerprint density at radius 1 is 1.53 bits per heavy atom. The summed E-state index contributed by atoms with van der Waals surface area (Å²) in [6, 6.07) is 4.80. The Morgan fingerprint density at radius 2 is 2.32 bits per heavy atom. The predicted molar refractivity (Wildman–Crippen MR) is 75.6 cm³/mol.